The lowest BCUT2D eigenvalue weighted by Crippen LogP contribution is -2.42. The van der Waals surface area contributed by atoms with Gasteiger partial charge in [-0.1, -0.05) is 24.1 Å². The van der Waals surface area contributed by atoms with Crippen molar-refractivity contribution in [2.24, 2.45) is 11.8 Å². The van der Waals surface area contributed by atoms with Gasteiger partial charge in [-0.2, -0.15) is 5.26 Å². The molecule has 0 radical (unpaired) electrons. The quantitative estimate of drug-likeness (QED) is 0.819. The van der Waals surface area contributed by atoms with E-state index in [1.54, 1.807) is 6.08 Å². The van der Waals surface area contributed by atoms with Crippen LogP contribution in [-0.4, -0.2) is 11.9 Å². The van der Waals surface area contributed by atoms with Crippen LogP contribution in [0.1, 0.15) is 48.1 Å². The van der Waals surface area contributed by atoms with Crippen LogP contribution in [0, 0.1) is 23.2 Å². The molecule has 2 aliphatic carbocycles. The molecular formula is C18H18ClN2O3S-. The number of anilines is 1. The fraction of sp³-hybridized carbons (Fsp3) is 0.500. The number of nitrogens with one attached hydrogen (secondary N) is 1. The summed E-state index contributed by atoms with van der Waals surface area (Å²) in [5.74, 6) is -3.34. The molecule has 2 atom stereocenters. The molecule has 132 valence electrons. The molecule has 0 unspecified atom stereocenters. The lowest BCUT2D eigenvalue weighted by atomic mass is 9.82. The van der Waals surface area contributed by atoms with Crippen molar-refractivity contribution in [1.82, 2.24) is 0 Å². The largest absolute Gasteiger partial charge is 0.550 e. The van der Waals surface area contributed by atoms with Crippen LogP contribution in [0.2, 0.25) is 0 Å². The number of amides is 1. The van der Waals surface area contributed by atoms with Crippen LogP contribution in [0.15, 0.2) is 11.1 Å². The van der Waals surface area contributed by atoms with E-state index in [0.717, 1.165) is 42.5 Å². The third kappa shape index (κ3) is 3.73. The highest BCUT2D eigenvalue weighted by molar-refractivity contribution is 7.16. The first-order valence-electron chi connectivity index (χ1n) is 8.42. The SMILES string of the molecule is N#Cc1c(NC(=O)[C@H]2CC(Cl)=CC[C@H]2C(=O)[O-])sc2c1CCCCC2. The number of nitriles is 1. The molecule has 7 heteroatoms. The molecule has 3 rings (SSSR count). The Morgan fingerprint density at radius 3 is 2.76 bits per heavy atom. The minimum atomic E-state index is -1.25. The van der Waals surface area contributed by atoms with Crippen molar-refractivity contribution >= 4 is 39.8 Å². The third-order valence-electron chi connectivity index (χ3n) is 4.90. The first kappa shape index (κ1) is 18.0. The maximum absolute atomic E-state index is 12.7. The number of hydrogen-bond donors (Lipinski definition) is 1. The van der Waals surface area contributed by atoms with Crippen LogP contribution in [0.3, 0.4) is 0 Å². The van der Waals surface area contributed by atoms with Gasteiger partial charge in [-0.25, -0.2) is 0 Å². The number of carbonyl (C=O) groups is 2. The molecule has 0 aromatic carbocycles. The highest BCUT2D eigenvalue weighted by Gasteiger charge is 2.33. The molecule has 1 aromatic heterocycles. The van der Waals surface area contributed by atoms with E-state index in [4.69, 9.17) is 11.6 Å². The third-order valence-corrected chi connectivity index (χ3v) is 6.42. The number of carboxylic acids is 1. The fourth-order valence-corrected chi connectivity index (χ4v) is 5.04. The molecule has 1 amide bonds. The first-order valence-corrected chi connectivity index (χ1v) is 9.61. The molecule has 25 heavy (non-hydrogen) atoms. The van der Waals surface area contributed by atoms with Gasteiger partial charge in [0.25, 0.3) is 0 Å². The average Bonchev–Trinajstić information content (AvgIpc) is 2.74. The van der Waals surface area contributed by atoms with E-state index >= 15 is 0 Å². The zero-order valence-corrected chi connectivity index (χ0v) is 15.2. The van der Waals surface area contributed by atoms with Gasteiger partial charge >= 0.3 is 0 Å². The van der Waals surface area contributed by atoms with E-state index < -0.39 is 23.7 Å². The van der Waals surface area contributed by atoms with Gasteiger partial charge in [0, 0.05) is 21.8 Å². The van der Waals surface area contributed by atoms with Gasteiger partial charge in [0.2, 0.25) is 5.91 Å². The first-order chi connectivity index (χ1) is 12.0. The predicted molar refractivity (Wildman–Crippen MR) is 94.1 cm³/mol. The number of aryl methyl sites for hydroxylation is 1. The molecule has 5 nitrogen and oxygen atoms in total. The zero-order chi connectivity index (χ0) is 18.0. The molecule has 0 aliphatic heterocycles. The lowest BCUT2D eigenvalue weighted by Gasteiger charge is -2.29. The Labute approximate surface area is 155 Å². The summed E-state index contributed by atoms with van der Waals surface area (Å²) < 4.78 is 0. The van der Waals surface area contributed by atoms with Gasteiger partial charge in [-0.3, -0.25) is 4.79 Å². The maximum atomic E-state index is 12.7. The Kier molecular flexibility index (Phi) is 5.45. The molecule has 0 spiro atoms. The summed E-state index contributed by atoms with van der Waals surface area (Å²) in [5.41, 5.74) is 1.57. The minimum Gasteiger partial charge on any atom is -0.550 e. The monoisotopic (exact) mass is 377 g/mol. The number of thiophene rings is 1. The Bertz CT molecular complexity index is 778. The van der Waals surface area contributed by atoms with Crippen LogP contribution in [0.25, 0.3) is 0 Å². The van der Waals surface area contributed by atoms with Crippen LogP contribution >= 0.6 is 22.9 Å². The van der Waals surface area contributed by atoms with Crippen LogP contribution in [-0.2, 0) is 22.4 Å². The smallest absolute Gasteiger partial charge is 0.229 e. The summed E-state index contributed by atoms with van der Waals surface area (Å²) in [6, 6.07) is 2.21. The molecule has 1 N–H and O–H groups in total. The molecule has 1 heterocycles. The van der Waals surface area contributed by atoms with Crippen molar-refractivity contribution in [3.8, 4) is 6.07 Å². The van der Waals surface area contributed by atoms with Gasteiger partial charge in [0.1, 0.15) is 11.1 Å². The molecule has 0 fully saturated rings. The number of hydrogen-bond acceptors (Lipinski definition) is 5. The Morgan fingerprint density at radius 1 is 1.28 bits per heavy atom. The van der Waals surface area contributed by atoms with E-state index in [0.29, 0.717) is 15.6 Å². The van der Waals surface area contributed by atoms with Crippen LogP contribution in [0.5, 0.6) is 0 Å². The Balaban J connectivity index is 1.84. The number of aliphatic carboxylic acids is 1. The number of carbonyl (C=O) groups excluding carboxylic acids is 2. The molecule has 0 saturated heterocycles. The van der Waals surface area contributed by atoms with E-state index in [1.165, 1.54) is 11.3 Å². The zero-order valence-electron chi connectivity index (χ0n) is 13.6. The highest BCUT2D eigenvalue weighted by atomic mass is 35.5. The Morgan fingerprint density at radius 2 is 2.04 bits per heavy atom. The van der Waals surface area contributed by atoms with Crippen molar-refractivity contribution in [2.75, 3.05) is 5.32 Å². The number of nitrogens with zero attached hydrogens (tertiary/aromatic N) is 1. The van der Waals surface area contributed by atoms with E-state index in [-0.39, 0.29) is 12.8 Å². The molecule has 2 aliphatic rings. The fourth-order valence-electron chi connectivity index (χ4n) is 3.54. The summed E-state index contributed by atoms with van der Waals surface area (Å²) in [7, 11) is 0. The predicted octanol–water partition coefficient (Wildman–Crippen LogP) is 2.73. The second kappa shape index (κ2) is 7.59. The van der Waals surface area contributed by atoms with Crippen molar-refractivity contribution in [3.63, 3.8) is 0 Å². The average molecular weight is 378 g/mol. The molecule has 0 bridgehead atoms. The summed E-state index contributed by atoms with van der Waals surface area (Å²) in [6.07, 6.45) is 7.04. The van der Waals surface area contributed by atoms with Crippen molar-refractivity contribution in [2.45, 2.75) is 44.9 Å². The van der Waals surface area contributed by atoms with Gasteiger partial charge in [0.05, 0.1) is 11.5 Å². The van der Waals surface area contributed by atoms with Gasteiger partial charge < -0.3 is 15.2 Å². The van der Waals surface area contributed by atoms with Gasteiger partial charge in [-0.05, 0) is 44.1 Å². The van der Waals surface area contributed by atoms with Crippen LogP contribution in [0.4, 0.5) is 5.00 Å². The number of rotatable bonds is 3. The number of carboxylic acid groups (broad SMARTS) is 1. The number of halogens is 1. The highest BCUT2D eigenvalue weighted by Crippen LogP contribution is 2.38. The van der Waals surface area contributed by atoms with Crippen molar-refractivity contribution in [3.05, 3.63) is 27.1 Å². The molecule has 1 aromatic rings. The van der Waals surface area contributed by atoms with Crippen molar-refractivity contribution in [1.29, 1.82) is 5.26 Å². The summed E-state index contributed by atoms with van der Waals surface area (Å²) in [4.78, 5) is 25.2. The second-order valence-corrected chi connectivity index (χ2v) is 8.08. The number of fused-ring (bicyclic) bond motifs is 1. The number of allylic oxidation sites excluding steroid dienone is 2. The van der Waals surface area contributed by atoms with E-state index in [2.05, 4.69) is 11.4 Å². The summed E-state index contributed by atoms with van der Waals surface area (Å²) >= 11 is 7.44. The van der Waals surface area contributed by atoms with E-state index in [9.17, 15) is 20.0 Å². The topological polar surface area (TPSA) is 93.0 Å². The standard InChI is InChI=1S/C18H19ClN2O3S/c19-10-6-7-12(18(23)24)13(8-10)16(22)21-17-14(9-20)11-4-2-1-3-5-15(11)25-17/h6,12-13H,1-5,7-8H2,(H,21,22)(H,23,24)/p-1/t12-,13+/m1/s1. The van der Waals surface area contributed by atoms with Crippen LogP contribution < -0.4 is 10.4 Å². The molecular weight excluding hydrogens is 360 g/mol. The normalized spacial score (nSPS) is 23.0. The second-order valence-electron chi connectivity index (χ2n) is 6.49. The van der Waals surface area contributed by atoms with E-state index in [1.807, 2.05) is 0 Å². The van der Waals surface area contributed by atoms with Gasteiger partial charge in [0.15, 0.2) is 0 Å². The maximum Gasteiger partial charge on any atom is 0.229 e. The molecule has 0 saturated carbocycles. The lowest BCUT2D eigenvalue weighted by molar-refractivity contribution is -0.313. The minimum absolute atomic E-state index is 0.180. The van der Waals surface area contributed by atoms with Crippen molar-refractivity contribution < 1.29 is 14.7 Å². The summed E-state index contributed by atoms with van der Waals surface area (Å²) in [5, 5.41) is 24.7. The summed E-state index contributed by atoms with van der Waals surface area (Å²) in [6.45, 7) is 0. The van der Waals surface area contributed by atoms with Gasteiger partial charge in [-0.15, -0.1) is 11.3 Å². The Hall–Kier alpha value is -1.84.